The molecule has 0 bridgehead atoms. The van der Waals surface area contributed by atoms with Crippen molar-refractivity contribution in [3.8, 4) is 22.8 Å². The molecule has 0 aliphatic carbocycles. The van der Waals surface area contributed by atoms with Crippen LogP contribution in [0.1, 0.15) is 16.8 Å². The van der Waals surface area contributed by atoms with Gasteiger partial charge >= 0.3 is 0 Å². The van der Waals surface area contributed by atoms with Crippen molar-refractivity contribution < 1.29 is 9.26 Å². The number of halogens is 2. The van der Waals surface area contributed by atoms with Crippen LogP contribution in [0.15, 0.2) is 35.0 Å². The van der Waals surface area contributed by atoms with Crippen LogP contribution in [-0.4, -0.2) is 48.0 Å². The summed E-state index contributed by atoms with van der Waals surface area (Å²) >= 11 is 0. The van der Waals surface area contributed by atoms with E-state index in [1.165, 1.54) is 11.1 Å². The van der Waals surface area contributed by atoms with E-state index < -0.39 is 0 Å². The van der Waals surface area contributed by atoms with Gasteiger partial charge in [-0.2, -0.15) is 4.98 Å². The number of hydrogen-bond donors (Lipinski definition) is 1. The van der Waals surface area contributed by atoms with Crippen LogP contribution in [0.3, 0.4) is 0 Å². The van der Waals surface area contributed by atoms with Gasteiger partial charge in [-0.1, -0.05) is 11.2 Å². The highest BCUT2D eigenvalue weighted by molar-refractivity contribution is 5.85. The fraction of sp³-hybridized carbons (Fsp3) is 0.381. The molecule has 5 rings (SSSR count). The van der Waals surface area contributed by atoms with E-state index >= 15 is 0 Å². The van der Waals surface area contributed by atoms with Gasteiger partial charge in [-0.15, -0.1) is 24.8 Å². The summed E-state index contributed by atoms with van der Waals surface area (Å²) in [5.74, 6) is 1.16. The highest BCUT2D eigenvalue weighted by Gasteiger charge is 2.21. The molecule has 1 fully saturated rings. The van der Waals surface area contributed by atoms with Crippen LogP contribution in [0.2, 0.25) is 0 Å². The number of morpholine rings is 1. The van der Waals surface area contributed by atoms with Gasteiger partial charge in [-0.3, -0.25) is 4.98 Å². The maximum absolute atomic E-state index is 5.65. The third-order valence-corrected chi connectivity index (χ3v) is 5.45. The zero-order chi connectivity index (χ0) is 18.9. The molecule has 0 saturated carbocycles. The Morgan fingerprint density at radius 2 is 1.97 bits per heavy atom. The summed E-state index contributed by atoms with van der Waals surface area (Å²) in [7, 11) is 0. The van der Waals surface area contributed by atoms with Gasteiger partial charge in [0.05, 0.1) is 13.2 Å². The van der Waals surface area contributed by atoms with E-state index in [0.29, 0.717) is 11.7 Å². The molecule has 1 saturated heterocycles. The molecular formula is C21H25Cl2N5O2. The Morgan fingerprint density at radius 3 is 2.80 bits per heavy atom. The highest BCUT2D eigenvalue weighted by Crippen LogP contribution is 2.31. The van der Waals surface area contributed by atoms with Gasteiger partial charge in [0.1, 0.15) is 0 Å². The Hall–Kier alpha value is -2.19. The van der Waals surface area contributed by atoms with Gasteiger partial charge in [-0.05, 0) is 49.2 Å². The number of nitrogens with one attached hydrogen (secondary N) is 1. The molecule has 160 valence electrons. The average molecular weight is 450 g/mol. The predicted octanol–water partition coefficient (Wildman–Crippen LogP) is 3.43. The Bertz CT molecular complexity index is 1000. The van der Waals surface area contributed by atoms with Gasteiger partial charge < -0.3 is 19.5 Å². The zero-order valence-corrected chi connectivity index (χ0v) is 18.4. The minimum atomic E-state index is 0. The minimum Gasteiger partial charge on any atom is -0.378 e. The van der Waals surface area contributed by atoms with Crippen LogP contribution in [0, 0.1) is 6.92 Å². The van der Waals surface area contributed by atoms with E-state index in [2.05, 4.69) is 32.5 Å². The lowest BCUT2D eigenvalue weighted by atomic mass is 9.95. The number of aromatic nitrogens is 3. The molecule has 3 aromatic rings. The van der Waals surface area contributed by atoms with Crippen LogP contribution in [0.25, 0.3) is 22.8 Å². The van der Waals surface area contributed by atoms with Gasteiger partial charge in [-0.25, -0.2) is 0 Å². The number of ether oxygens (including phenoxy) is 1. The summed E-state index contributed by atoms with van der Waals surface area (Å²) < 4.78 is 11.1. The summed E-state index contributed by atoms with van der Waals surface area (Å²) in [4.78, 5) is 11.6. The number of hydrogen-bond acceptors (Lipinski definition) is 7. The lowest BCUT2D eigenvalue weighted by Crippen LogP contribution is -2.36. The topological polar surface area (TPSA) is 76.3 Å². The number of benzene rings is 1. The highest BCUT2D eigenvalue weighted by atomic mass is 35.5. The monoisotopic (exact) mass is 449 g/mol. The van der Waals surface area contributed by atoms with E-state index in [1.807, 2.05) is 25.3 Å². The third kappa shape index (κ3) is 4.30. The molecule has 0 amide bonds. The van der Waals surface area contributed by atoms with E-state index in [9.17, 15) is 0 Å². The lowest BCUT2D eigenvalue weighted by Gasteiger charge is -2.28. The lowest BCUT2D eigenvalue weighted by molar-refractivity contribution is 0.122. The first-order valence-electron chi connectivity index (χ1n) is 9.75. The molecule has 1 aromatic carbocycles. The summed E-state index contributed by atoms with van der Waals surface area (Å²) in [6.45, 7) is 7.11. The number of anilines is 1. The molecule has 0 unspecified atom stereocenters. The minimum absolute atomic E-state index is 0. The van der Waals surface area contributed by atoms with Gasteiger partial charge in [0.25, 0.3) is 5.89 Å². The van der Waals surface area contributed by atoms with Crippen LogP contribution in [0.5, 0.6) is 0 Å². The summed E-state index contributed by atoms with van der Waals surface area (Å²) in [6.07, 6.45) is 2.90. The Kier molecular flexibility index (Phi) is 7.31. The summed E-state index contributed by atoms with van der Waals surface area (Å²) in [6, 6.07) is 8.27. The van der Waals surface area contributed by atoms with Crippen molar-refractivity contribution in [2.24, 2.45) is 0 Å². The molecule has 0 spiro atoms. The molecular weight excluding hydrogens is 425 g/mol. The van der Waals surface area contributed by atoms with E-state index in [-0.39, 0.29) is 24.8 Å². The second-order valence-electron chi connectivity index (χ2n) is 7.22. The first-order chi connectivity index (χ1) is 13.8. The fourth-order valence-corrected chi connectivity index (χ4v) is 3.97. The average Bonchev–Trinajstić information content (AvgIpc) is 3.24. The molecule has 0 atom stereocenters. The molecule has 30 heavy (non-hydrogen) atoms. The van der Waals surface area contributed by atoms with E-state index in [1.54, 1.807) is 0 Å². The number of aryl methyl sites for hydroxylation is 1. The van der Waals surface area contributed by atoms with Crippen LogP contribution in [-0.2, 0) is 17.7 Å². The van der Waals surface area contributed by atoms with Crippen molar-refractivity contribution in [3.63, 3.8) is 0 Å². The molecule has 9 heteroatoms. The van der Waals surface area contributed by atoms with Gasteiger partial charge in [0, 0.05) is 48.3 Å². The Balaban J connectivity index is 0.00000128. The number of rotatable bonds is 3. The van der Waals surface area contributed by atoms with Crippen LogP contribution < -0.4 is 10.2 Å². The standard InChI is InChI=1S/C21H23N5O2.2ClH/c1-14-19(18-5-6-22-12-16(18)13-23-14)20-24-21(28-25-20)15-3-2-4-17(11-15)26-7-9-27-10-8-26;;/h2-4,11,13,22H,5-10,12H2,1H3;2*1H. The Labute approximate surface area is 188 Å². The maximum atomic E-state index is 5.65. The van der Waals surface area contributed by atoms with Crippen molar-refractivity contribution in [1.82, 2.24) is 20.4 Å². The Morgan fingerprint density at radius 1 is 1.13 bits per heavy atom. The molecule has 7 nitrogen and oxygen atoms in total. The quantitative estimate of drug-likeness (QED) is 0.655. The third-order valence-electron chi connectivity index (χ3n) is 5.45. The smallest absolute Gasteiger partial charge is 0.258 e. The second-order valence-corrected chi connectivity index (χ2v) is 7.22. The number of nitrogens with zero attached hydrogens (tertiary/aromatic N) is 4. The normalized spacial score (nSPS) is 15.7. The van der Waals surface area contributed by atoms with Crippen molar-refractivity contribution in [2.45, 2.75) is 19.9 Å². The fourth-order valence-electron chi connectivity index (χ4n) is 3.97. The number of pyridine rings is 1. The van der Waals surface area contributed by atoms with Crippen LogP contribution in [0.4, 0.5) is 5.69 Å². The van der Waals surface area contributed by atoms with Gasteiger partial charge in [0.2, 0.25) is 5.82 Å². The molecule has 2 aliphatic heterocycles. The first-order valence-corrected chi connectivity index (χ1v) is 9.75. The summed E-state index contributed by atoms with van der Waals surface area (Å²) in [5.41, 5.74) is 6.53. The van der Waals surface area contributed by atoms with Gasteiger partial charge in [0.15, 0.2) is 0 Å². The zero-order valence-electron chi connectivity index (χ0n) is 16.8. The van der Waals surface area contributed by atoms with Crippen molar-refractivity contribution in [1.29, 1.82) is 0 Å². The van der Waals surface area contributed by atoms with Crippen molar-refractivity contribution in [3.05, 3.63) is 47.3 Å². The van der Waals surface area contributed by atoms with E-state index in [4.69, 9.17) is 14.2 Å². The maximum Gasteiger partial charge on any atom is 0.258 e. The predicted molar refractivity (Wildman–Crippen MR) is 121 cm³/mol. The SMILES string of the molecule is Cc1ncc2c(c1-c1noc(-c3cccc(N4CCOCC4)c3)n1)CCNC2.Cl.Cl. The summed E-state index contributed by atoms with van der Waals surface area (Å²) in [5, 5.41) is 7.68. The first kappa shape index (κ1) is 22.5. The molecule has 1 N–H and O–H groups in total. The van der Waals surface area contributed by atoms with Crippen molar-refractivity contribution >= 4 is 30.5 Å². The molecule has 4 heterocycles. The van der Waals surface area contributed by atoms with Crippen LogP contribution >= 0.6 is 24.8 Å². The molecule has 2 aromatic heterocycles. The van der Waals surface area contributed by atoms with Crippen molar-refractivity contribution in [2.75, 3.05) is 37.7 Å². The second kappa shape index (κ2) is 9.75. The molecule has 0 radical (unpaired) electrons. The number of fused-ring (bicyclic) bond motifs is 1. The largest absolute Gasteiger partial charge is 0.378 e. The molecule has 2 aliphatic rings. The van der Waals surface area contributed by atoms with E-state index in [0.717, 1.165) is 68.3 Å².